The molecule has 0 aliphatic carbocycles. The summed E-state index contributed by atoms with van der Waals surface area (Å²) in [5.74, 6) is -0.259. The highest BCUT2D eigenvalue weighted by atomic mass is 16.6. The van der Waals surface area contributed by atoms with Crippen molar-refractivity contribution in [2.75, 3.05) is 17.2 Å². The van der Waals surface area contributed by atoms with E-state index in [-0.39, 0.29) is 23.9 Å². The first-order valence-electron chi connectivity index (χ1n) is 7.83. The van der Waals surface area contributed by atoms with Crippen molar-refractivity contribution >= 4 is 28.9 Å². The summed E-state index contributed by atoms with van der Waals surface area (Å²) in [5, 5.41) is 16.3. The van der Waals surface area contributed by atoms with E-state index in [1.54, 1.807) is 37.3 Å². The molecule has 0 atom stereocenters. The maximum atomic E-state index is 12.1. The Bertz CT molecular complexity index is 847. The van der Waals surface area contributed by atoms with E-state index in [2.05, 4.69) is 10.6 Å². The highest BCUT2D eigenvalue weighted by molar-refractivity contribution is 5.95. The molecule has 0 spiro atoms. The Morgan fingerprint density at radius 2 is 1.73 bits per heavy atom. The van der Waals surface area contributed by atoms with E-state index in [0.29, 0.717) is 17.0 Å². The van der Waals surface area contributed by atoms with Crippen molar-refractivity contribution in [2.45, 2.75) is 20.8 Å². The minimum absolute atomic E-state index is 0.166. The third kappa shape index (κ3) is 4.79. The van der Waals surface area contributed by atoms with Gasteiger partial charge in [-0.1, -0.05) is 6.07 Å². The summed E-state index contributed by atoms with van der Waals surface area (Å²) in [6.07, 6.45) is 0. The molecule has 2 aromatic rings. The van der Waals surface area contributed by atoms with Gasteiger partial charge < -0.3 is 15.4 Å². The number of nitrogens with zero attached hydrogens (tertiary/aromatic N) is 1. The first kappa shape index (κ1) is 18.9. The molecule has 0 aliphatic rings. The molecule has 8 nitrogen and oxygen atoms in total. The van der Waals surface area contributed by atoms with Crippen molar-refractivity contribution < 1.29 is 19.2 Å². The molecule has 8 heteroatoms. The van der Waals surface area contributed by atoms with Crippen LogP contribution in [0.1, 0.15) is 18.1 Å². The summed E-state index contributed by atoms with van der Waals surface area (Å²) < 4.78 is 5.38. The highest BCUT2D eigenvalue weighted by Gasteiger charge is 2.19. The molecule has 2 amide bonds. The second kappa shape index (κ2) is 8.11. The molecule has 0 fully saturated rings. The molecule has 136 valence electrons. The van der Waals surface area contributed by atoms with Crippen LogP contribution < -0.4 is 15.4 Å². The number of carbonyl (C=O) groups excluding carboxylic acids is 2. The largest absolute Gasteiger partial charge is 0.484 e. The second-order valence-electron chi connectivity index (χ2n) is 5.70. The third-order valence-corrected chi connectivity index (χ3v) is 3.72. The summed E-state index contributed by atoms with van der Waals surface area (Å²) in [4.78, 5) is 33.7. The van der Waals surface area contributed by atoms with Crippen molar-refractivity contribution in [3.8, 4) is 5.75 Å². The Hall–Kier alpha value is -3.42. The molecule has 2 rings (SSSR count). The lowest BCUT2D eigenvalue weighted by Crippen LogP contribution is -2.21. The van der Waals surface area contributed by atoms with E-state index in [1.807, 2.05) is 6.92 Å². The molecule has 0 unspecified atom stereocenters. The lowest BCUT2D eigenvalue weighted by Gasteiger charge is -2.12. The van der Waals surface area contributed by atoms with Gasteiger partial charge in [0.2, 0.25) is 5.91 Å². The van der Waals surface area contributed by atoms with Crippen molar-refractivity contribution in [1.29, 1.82) is 0 Å². The van der Waals surface area contributed by atoms with Crippen molar-refractivity contribution in [3.63, 3.8) is 0 Å². The van der Waals surface area contributed by atoms with Crippen LogP contribution in [0.15, 0.2) is 36.4 Å². The topological polar surface area (TPSA) is 111 Å². The van der Waals surface area contributed by atoms with Gasteiger partial charge in [0.15, 0.2) is 6.61 Å². The zero-order chi connectivity index (χ0) is 19.3. The number of anilines is 2. The Morgan fingerprint density at radius 3 is 2.31 bits per heavy atom. The molecule has 0 bridgehead atoms. The van der Waals surface area contributed by atoms with Crippen LogP contribution in [0.5, 0.6) is 5.75 Å². The van der Waals surface area contributed by atoms with Gasteiger partial charge >= 0.3 is 0 Å². The molecular formula is C18H19N3O5. The number of nitro groups is 1. The first-order valence-corrected chi connectivity index (χ1v) is 7.83. The van der Waals surface area contributed by atoms with Gasteiger partial charge in [-0.2, -0.15) is 0 Å². The van der Waals surface area contributed by atoms with Gasteiger partial charge in [0.1, 0.15) is 11.4 Å². The highest BCUT2D eigenvalue weighted by Crippen LogP contribution is 2.30. The van der Waals surface area contributed by atoms with E-state index in [1.165, 1.54) is 13.0 Å². The van der Waals surface area contributed by atoms with E-state index >= 15 is 0 Å². The molecule has 0 saturated carbocycles. The van der Waals surface area contributed by atoms with Crippen LogP contribution in [0.3, 0.4) is 0 Å². The number of benzene rings is 2. The van der Waals surface area contributed by atoms with Crippen molar-refractivity contribution in [1.82, 2.24) is 0 Å². The van der Waals surface area contributed by atoms with Crippen LogP contribution in [-0.2, 0) is 9.59 Å². The quantitative estimate of drug-likeness (QED) is 0.609. The monoisotopic (exact) mass is 357 g/mol. The number of ether oxygens (including phenoxy) is 1. The minimum Gasteiger partial charge on any atom is -0.484 e. The fraction of sp³-hybridized carbons (Fsp3) is 0.222. The Kier molecular flexibility index (Phi) is 5.90. The van der Waals surface area contributed by atoms with E-state index in [0.717, 1.165) is 5.56 Å². The molecule has 0 heterocycles. The molecular weight excluding hydrogens is 338 g/mol. The van der Waals surface area contributed by atoms with Crippen LogP contribution in [0.4, 0.5) is 17.1 Å². The number of aryl methyl sites for hydroxylation is 1. The van der Waals surface area contributed by atoms with Gasteiger partial charge in [-0.3, -0.25) is 19.7 Å². The van der Waals surface area contributed by atoms with Crippen molar-refractivity contribution in [3.05, 3.63) is 57.6 Å². The van der Waals surface area contributed by atoms with E-state index in [4.69, 9.17) is 4.74 Å². The SMILES string of the molecule is CC(=O)Nc1ccc(OCC(=O)Nc2c([N+](=O)[O-])ccc(C)c2C)cc1. The predicted octanol–water partition coefficient (Wildman–Crippen LogP) is 3.19. The van der Waals surface area contributed by atoms with Crippen molar-refractivity contribution in [2.24, 2.45) is 0 Å². The fourth-order valence-corrected chi connectivity index (χ4v) is 2.27. The van der Waals surface area contributed by atoms with Gasteiger partial charge in [-0.15, -0.1) is 0 Å². The fourth-order valence-electron chi connectivity index (χ4n) is 2.27. The zero-order valence-electron chi connectivity index (χ0n) is 14.7. The number of rotatable bonds is 6. The van der Waals surface area contributed by atoms with Crippen LogP contribution >= 0.6 is 0 Å². The zero-order valence-corrected chi connectivity index (χ0v) is 14.7. The molecule has 2 N–H and O–H groups in total. The molecule has 2 aromatic carbocycles. The van der Waals surface area contributed by atoms with Crippen LogP contribution in [0.2, 0.25) is 0 Å². The molecule has 0 saturated heterocycles. The van der Waals surface area contributed by atoms with Gasteiger partial charge in [0.25, 0.3) is 11.6 Å². The van der Waals surface area contributed by atoms with Crippen LogP contribution in [0, 0.1) is 24.0 Å². The average Bonchev–Trinajstić information content (AvgIpc) is 2.57. The lowest BCUT2D eigenvalue weighted by atomic mass is 10.1. The number of nitrogens with one attached hydrogen (secondary N) is 2. The number of carbonyl (C=O) groups is 2. The van der Waals surface area contributed by atoms with Gasteiger partial charge in [0, 0.05) is 18.7 Å². The summed E-state index contributed by atoms with van der Waals surface area (Å²) >= 11 is 0. The number of amides is 2. The summed E-state index contributed by atoms with van der Waals surface area (Å²) in [7, 11) is 0. The van der Waals surface area contributed by atoms with Gasteiger partial charge in [-0.25, -0.2) is 0 Å². The maximum Gasteiger partial charge on any atom is 0.293 e. The molecule has 0 radical (unpaired) electrons. The Balaban J connectivity index is 2.02. The maximum absolute atomic E-state index is 12.1. The molecule has 0 aromatic heterocycles. The van der Waals surface area contributed by atoms with Crippen LogP contribution in [-0.4, -0.2) is 23.3 Å². The first-order chi connectivity index (χ1) is 12.3. The lowest BCUT2D eigenvalue weighted by molar-refractivity contribution is -0.384. The number of hydrogen-bond donors (Lipinski definition) is 2. The summed E-state index contributed by atoms with van der Waals surface area (Å²) in [6, 6.07) is 9.50. The van der Waals surface area contributed by atoms with Gasteiger partial charge in [-0.05, 0) is 49.2 Å². The molecule has 26 heavy (non-hydrogen) atoms. The van der Waals surface area contributed by atoms with E-state index < -0.39 is 10.8 Å². The smallest absolute Gasteiger partial charge is 0.293 e. The minimum atomic E-state index is -0.538. The third-order valence-electron chi connectivity index (χ3n) is 3.72. The number of nitro benzene ring substituents is 1. The van der Waals surface area contributed by atoms with Gasteiger partial charge in [0.05, 0.1) is 4.92 Å². The van der Waals surface area contributed by atoms with Crippen LogP contribution in [0.25, 0.3) is 0 Å². The second-order valence-corrected chi connectivity index (χ2v) is 5.70. The summed E-state index contributed by atoms with van der Waals surface area (Å²) in [6.45, 7) is 4.62. The molecule has 0 aliphatic heterocycles. The summed E-state index contributed by atoms with van der Waals surface area (Å²) in [5.41, 5.74) is 2.08. The Labute approximate surface area is 150 Å². The van der Waals surface area contributed by atoms with E-state index in [9.17, 15) is 19.7 Å². The normalized spacial score (nSPS) is 10.1. The standard InChI is InChI=1S/C18H19N3O5/c1-11-4-9-16(21(24)25)18(12(11)2)20-17(23)10-26-15-7-5-14(6-8-15)19-13(3)22/h4-9H,10H2,1-3H3,(H,19,22)(H,20,23). The predicted molar refractivity (Wildman–Crippen MR) is 97.4 cm³/mol. The average molecular weight is 357 g/mol. The Morgan fingerprint density at radius 1 is 1.08 bits per heavy atom. The number of hydrogen-bond acceptors (Lipinski definition) is 5.